The molecule has 0 spiro atoms. The molecule has 3 amide bonds. The highest BCUT2D eigenvalue weighted by atomic mass is 79.9. The van der Waals surface area contributed by atoms with Crippen molar-refractivity contribution in [1.29, 1.82) is 0 Å². The number of rotatable bonds is 5. The zero-order chi connectivity index (χ0) is 25.0. The maximum Gasteiger partial charge on any atom is 0.338 e. The minimum atomic E-state index is -0.732. The van der Waals surface area contributed by atoms with Gasteiger partial charge in [0.2, 0.25) is 11.8 Å². The second-order valence-electron chi connectivity index (χ2n) is 9.19. The summed E-state index contributed by atoms with van der Waals surface area (Å²) in [7, 11) is 0. The van der Waals surface area contributed by atoms with Gasteiger partial charge >= 0.3 is 5.97 Å². The average Bonchev–Trinajstić information content (AvgIpc) is 3.48. The van der Waals surface area contributed by atoms with Crippen molar-refractivity contribution < 1.29 is 23.9 Å². The van der Waals surface area contributed by atoms with Crippen LogP contribution < -0.4 is 10.2 Å². The van der Waals surface area contributed by atoms with Crippen molar-refractivity contribution in [2.45, 2.75) is 20.3 Å². The molecule has 5 rings (SSSR count). The van der Waals surface area contributed by atoms with Crippen LogP contribution in [0.15, 0.2) is 52.5 Å². The first-order valence-electron chi connectivity index (χ1n) is 11.2. The lowest BCUT2D eigenvalue weighted by Crippen LogP contribution is -2.33. The summed E-state index contributed by atoms with van der Waals surface area (Å²) in [5, 5.41) is 3.15. The largest absolute Gasteiger partial charge is 0.452 e. The smallest absolute Gasteiger partial charge is 0.338 e. The molecule has 4 atom stereocenters. The Bertz CT molecular complexity index is 1320. The molecule has 0 unspecified atom stereocenters. The van der Waals surface area contributed by atoms with Gasteiger partial charge in [-0.1, -0.05) is 29.3 Å². The van der Waals surface area contributed by atoms with E-state index >= 15 is 0 Å². The van der Waals surface area contributed by atoms with Crippen LogP contribution in [0.25, 0.3) is 0 Å². The number of nitrogens with one attached hydrogen (secondary N) is 1. The third-order valence-electron chi connectivity index (χ3n) is 7.17. The first-order valence-corrected chi connectivity index (χ1v) is 12.4. The van der Waals surface area contributed by atoms with Crippen molar-refractivity contribution in [3.63, 3.8) is 0 Å². The maximum absolute atomic E-state index is 13.2. The fourth-order valence-electron chi connectivity index (χ4n) is 5.49. The molecule has 3 aliphatic rings. The van der Waals surface area contributed by atoms with Crippen molar-refractivity contribution in [2.75, 3.05) is 16.8 Å². The van der Waals surface area contributed by atoms with Crippen LogP contribution >= 0.6 is 27.5 Å². The number of fused-ring (bicyclic) bond motifs is 5. The Labute approximate surface area is 215 Å². The Kier molecular flexibility index (Phi) is 6.05. The molecule has 2 aromatic carbocycles. The van der Waals surface area contributed by atoms with E-state index in [1.165, 1.54) is 22.6 Å². The molecule has 2 aliphatic carbocycles. The minimum Gasteiger partial charge on any atom is -0.452 e. The second-order valence-corrected chi connectivity index (χ2v) is 10.4. The quantitative estimate of drug-likeness (QED) is 0.320. The zero-order valence-electron chi connectivity index (χ0n) is 19.0. The summed E-state index contributed by atoms with van der Waals surface area (Å²) in [6, 6.07) is 9.59. The van der Waals surface area contributed by atoms with Crippen molar-refractivity contribution in [2.24, 2.45) is 23.7 Å². The molecule has 2 fully saturated rings. The molecular formula is C26H22BrClN2O5. The molecule has 1 heterocycles. The number of imide groups is 1. The number of carbonyl (C=O) groups excluding carboxylic acids is 4. The zero-order valence-corrected chi connectivity index (χ0v) is 21.4. The summed E-state index contributed by atoms with van der Waals surface area (Å²) in [6.45, 7) is 3.27. The Morgan fingerprint density at radius 3 is 2.66 bits per heavy atom. The van der Waals surface area contributed by atoms with Crippen molar-refractivity contribution in [1.82, 2.24) is 0 Å². The van der Waals surface area contributed by atoms with Gasteiger partial charge in [0.1, 0.15) is 0 Å². The van der Waals surface area contributed by atoms with E-state index in [0.29, 0.717) is 26.4 Å². The van der Waals surface area contributed by atoms with Crippen LogP contribution in [0.3, 0.4) is 0 Å². The van der Waals surface area contributed by atoms with Gasteiger partial charge in [0.05, 0.1) is 28.1 Å². The monoisotopic (exact) mass is 556 g/mol. The average molecular weight is 558 g/mol. The Balaban J connectivity index is 1.25. The van der Waals surface area contributed by atoms with Gasteiger partial charge in [-0.25, -0.2) is 9.69 Å². The summed E-state index contributed by atoms with van der Waals surface area (Å²) >= 11 is 9.50. The molecule has 180 valence electrons. The fourth-order valence-corrected chi connectivity index (χ4v) is 6.08. The Morgan fingerprint density at radius 1 is 1.14 bits per heavy atom. The normalized spacial score (nSPS) is 24.5. The third kappa shape index (κ3) is 3.98. The number of allylic oxidation sites excluding steroid dienone is 2. The number of hydrogen-bond acceptors (Lipinski definition) is 5. The third-order valence-corrected chi connectivity index (χ3v) is 8.54. The van der Waals surface area contributed by atoms with Crippen molar-refractivity contribution in [3.8, 4) is 0 Å². The van der Waals surface area contributed by atoms with E-state index in [2.05, 4.69) is 27.3 Å². The molecule has 9 heteroatoms. The van der Waals surface area contributed by atoms with Crippen LogP contribution in [0.4, 0.5) is 11.4 Å². The highest BCUT2D eigenvalue weighted by Crippen LogP contribution is 2.55. The number of nitrogens with zero attached hydrogens (tertiary/aromatic N) is 1. The van der Waals surface area contributed by atoms with Gasteiger partial charge in [-0.2, -0.15) is 0 Å². The lowest BCUT2D eigenvalue weighted by atomic mass is 9.82. The Morgan fingerprint density at radius 2 is 1.89 bits per heavy atom. The number of amides is 3. The van der Waals surface area contributed by atoms with Crippen LogP contribution in [0.5, 0.6) is 0 Å². The van der Waals surface area contributed by atoms with Crippen molar-refractivity contribution >= 4 is 62.6 Å². The predicted octanol–water partition coefficient (Wildman–Crippen LogP) is 4.91. The van der Waals surface area contributed by atoms with E-state index in [-0.39, 0.29) is 41.0 Å². The van der Waals surface area contributed by atoms with E-state index in [0.717, 1.165) is 6.42 Å². The minimum absolute atomic E-state index is 0.0994. The first-order chi connectivity index (χ1) is 16.7. The molecule has 1 saturated heterocycles. The van der Waals surface area contributed by atoms with E-state index in [1.54, 1.807) is 31.2 Å². The molecule has 35 heavy (non-hydrogen) atoms. The number of anilines is 2. The summed E-state index contributed by atoms with van der Waals surface area (Å²) < 4.78 is 5.88. The molecular weight excluding hydrogens is 536 g/mol. The fraction of sp³-hybridized carbons (Fsp3) is 0.308. The van der Waals surface area contributed by atoms with Gasteiger partial charge in [0.15, 0.2) is 6.61 Å². The maximum atomic E-state index is 13.2. The number of hydrogen-bond donors (Lipinski definition) is 1. The van der Waals surface area contributed by atoms with Gasteiger partial charge in [0.25, 0.3) is 5.91 Å². The number of benzene rings is 2. The molecule has 7 nitrogen and oxygen atoms in total. The summed E-state index contributed by atoms with van der Waals surface area (Å²) in [4.78, 5) is 52.4. The lowest BCUT2D eigenvalue weighted by molar-refractivity contribution is -0.123. The number of halogens is 2. The van der Waals surface area contributed by atoms with Crippen LogP contribution in [0, 0.1) is 30.6 Å². The molecule has 0 radical (unpaired) electrons. The van der Waals surface area contributed by atoms with Gasteiger partial charge in [-0.05, 0) is 83.9 Å². The Hall–Kier alpha value is -2.97. The topological polar surface area (TPSA) is 92.8 Å². The SMILES string of the molecule is CC1=C[C@H]2C[C@H]1[C@H]1C(=O)N(c3cccc(C(=O)OCC(=O)Nc4ccc(Br)c(Cl)c4C)c3)C(=O)[C@@H]12. The van der Waals surface area contributed by atoms with E-state index in [4.69, 9.17) is 16.3 Å². The van der Waals surface area contributed by atoms with Gasteiger partial charge in [-0.3, -0.25) is 14.4 Å². The highest BCUT2D eigenvalue weighted by molar-refractivity contribution is 9.10. The molecule has 1 saturated carbocycles. The van der Waals surface area contributed by atoms with Crippen LogP contribution in [0.2, 0.25) is 5.02 Å². The second kappa shape index (κ2) is 8.91. The first kappa shape index (κ1) is 23.8. The van der Waals surface area contributed by atoms with Gasteiger partial charge < -0.3 is 10.1 Å². The molecule has 0 aromatic heterocycles. The number of esters is 1. The summed E-state index contributed by atoms with van der Waals surface area (Å²) in [6.07, 6.45) is 2.97. The molecule has 1 N–H and O–H groups in total. The predicted molar refractivity (Wildman–Crippen MR) is 134 cm³/mol. The summed E-state index contributed by atoms with van der Waals surface area (Å²) in [5.74, 6) is -2.13. The van der Waals surface area contributed by atoms with Crippen molar-refractivity contribution in [3.05, 3.63) is 68.7 Å². The number of carbonyl (C=O) groups is 4. The van der Waals surface area contributed by atoms with Crippen LogP contribution in [-0.2, 0) is 19.1 Å². The van der Waals surface area contributed by atoms with E-state index < -0.39 is 18.5 Å². The molecule has 2 aromatic rings. The summed E-state index contributed by atoms with van der Waals surface area (Å²) in [5.41, 5.74) is 2.85. The van der Waals surface area contributed by atoms with Crippen LogP contribution in [0.1, 0.15) is 29.3 Å². The molecule has 2 bridgehead atoms. The van der Waals surface area contributed by atoms with E-state index in [9.17, 15) is 19.2 Å². The van der Waals surface area contributed by atoms with E-state index in [1.807, 2.05) is 6.92 Å². The highest BCUT2D eigenvalue weighted by Gasteiger charge is 2.60. The standard InChI is InChI=1S/C26H22BrClN2O5/c1-12-8-15-10-17(12)22-21(15)24(32)30(25(22)33)16-5-3-4-14(9-16)26(34)35-11-20(31)29-19-7-6-18(27)23(28)13(19)2/h3-9,15,17,21-22H,10-11H2,1-2H3,(H,29,31)/t15-,17+,21+,22+/m0/s1. The van der Waals surface area contributed by atoms with Crippen LogP contribution in [-0.4, -0.2) is 30.3 Å². The lowest BCUT2D eigenvalue weighted by Gasteiger charge is -2.19. The molecule has 1 aliphatic heterocycles. The van der Waals surface area contributed by atoms with Gasteiger partial charge in [0, 0.05) is 10.2 Å². The van der Waals surface area contributed by atoms with Gasteiger partial charge in [-0.15, -0.1) is 0 Å². The number of ether oxygens (including phenoxy) is 1.